The molecule has 11 heteroatoms. The molecule has 0 saturated heterocycles. The average Bonchev–Trinajstić information content (AvgIpc) is 2.94. The predicted octanol–water partition coefficient (Wildman–Crippen LogP) is 3.52. The number of aromatic nitrogens is 3. The first kappa shape index (κ1) is 28.5. The Labute approximate surface area is 233 Å². The lowest BCUT2D eigenvalue weighted by atomic mass is 9.80. The highest BCUT2D eigenvalue weighted by Gasteiger charge is 2.32. The molecule has 0 radical (unpaired) electrons. The van der Waals surface area contributed by atoms with Crippen LogP contribution in [-0.2, 0) is 11.9 Å². The lowest BCUT2D eigenvalue weighted by Gasteiger charge is -2.37. The third-order valence-corrected chi connectivity index (χ3v) is 7.22. The third kappa shape index (κ3) is 5.76. The molecule has 3 aromatic heterocycles. The number of oxime groups is 1. The number of fused-ring (bicyclic) bond motifs is 1. The maximum atomic E-state index is 13.2. The highest BCUT2D eigenvalue weighted by molar-refractivity contribution is 6.06. The second-order valence-corrected chi connectivity index (χ2v) is 11.0. The molecule has 3 heterocycles. The maximum absolute atomic E-state index is 13.2. The third-order valence-electron chi connectivity index (χ3n) is 7.22. The topological polar surface area (TPSA) is 149 Å². The largest absolute Gasteiger partial charge is 0.481 e. The van der Waals surface area contributed by atoms with Crippen molar-refractivity contribution in [3.63, 3.8) is 0 Å². The molecule has 0 atom stereocenters. The Kier molecular flexibility index (Phi) is 8.09. The molecular weight excluding hydrogens is 510 g/mol. The molecule has 11 nitrogen and oxygen atoms in total. The van der Waals surface area contributed by atoms with Gasteiger partial charge in [0.1, 0.15) is 28.4 Å². The van der Waals surface area contributed by atoms with Crippen molar-refractivity contribution in [2.75, 3.05) is 19.1 Å². The number of aryl methyl sites for hydroxylation is 1. The molecule has 0 spiro atoms. The minimum absolute atomic E-state index is 0.00373. The number of rotatable bonds is 7. The van der Waals surface area contributed by atoms with E-state index in [4.69, 9.17) is 15.3 Å². The number of carbonyl (C=O) groups excluding carboxylic acids is 1. The maximum Gasteiger partial charge on any atom is 0.265 e. The van der Waals surface area contributed by atoms with E-state index in [1.165, 1.54) is 4.57 Å². The quantitative estimate of drug-likeness (QED) is 0.350. The van der Waals surface area contributed by atoms with Crippen LogP contribution >= 0.6 is 0 Å². The number of methoxy groups -OCH3 is 1. The molecule has 1 aliphatic carbocycles. The van der Waals surface area contributed by atoms with E-state index in [0.717, 1.165) is 37.0 Å². The van der Waals surface area contributed by atoms with E-state index in [9.17, 15) is 14.9 Å². The van der Waals surface area contributed by atoms with Crippen molar-refractivity contribution in [2.24, 2.45) is 23.9 Å². The van der Waals surface area contributed by atoms with Crippen LogP contribution in [-0.4, -0.2) is 52.0 Å². The molecule has 2 N–H and O–H groups in total. The van der Waals surface area contributed by atoms with Crippen LogP contribution in [0.5, 0.6) is 5.88 Å². The van der Waals surface area contributed by atoms with Crippen LogP contribution in [0, 0.1) is 17.2 Å². The fourth-order valence-electron chi connectivity index (χ4n) is 5.14. The Hall–Kier alpha value is -4.46. The minimum atomic E-state index is -0.831. The number of carbonyl (C=O) groups is 1. The van der Waals surface area contributed by atoms with Crippen LogP contribution in [0.4, 0.5) is 5.69 Å². The molecule has 1 saturated carbocycles. The second-order valence-electron chi connectivity index (χ2n) is 11.0. The summed E-state index contributed by atoms with van der Waals surface area (Å²) in [6.45, 7) is 5.84. The van der Waals surface area contributed by atoms with Crippen molar-refractivity contribution < 1.29 is 14.4 Å². The Morgan fingerprint density at radius 3 is 2.45 bits per heavy atom. The molecule has 40 heavy (non-hydrogen) atoms. The minimum Gasteiger partial charge on any atom is -0.481 e. The number of nitrogens with two attached hydrogens (primary N) is 1. The number of amides is 1. The van der Waals surface area contributed by atoms with E-state index < -0.39 is 17.1 Å². The lowest BCUT2D eigenvalue weighted by Crippen LogP contribution is -2.40. The SMILES string of the molecule is COc1ccc(/C(=N\OC(C)(C)C)[C@H]2CC[C@@H](N(C)c3c(C(N)=O)c(=O)n(C)c4ccc(C#N)nc34)CC2)cn1. The molecule has 0 aromatic carbocycles. The summed E-state index contributed by atoms with van der Waals surface area (Å²) in [5.74, 6) is -0.200. The first-order valence-corrected chi connectivity index (χ1v) is 13.2. The van der Waals surface area contributed by atoms with Gasteiger partial charge in [-0.05, 0) is 64.7 Å². The molecule has 1 fully saturated rings. The summed E-state index contributed by atoms with van der Waals surface area (Å²) in [4.78, 5) is 42.3. The molecule has 3 aromatic rings. The number of pyridine rings is 3. The van der Waals surface area contributed by atoms with Gasteiger partial charge in [-0.3, -0.25) is 9.59 Å². The Morgan fingerprint density at radius 1 is 1.20 bits per heavy atom. The van der Waals surface area contributed by atoms with Crippen LogP contribution in [0.2, 0.25) is 0 Å². The summed E-state index contributed by atoms with van der Waals surface area (Å²) < 4.78 is 6.56. The van der Waals surface area contributed by atoms with E-state index in [-0.39, 0.29) is 23.2 Å². The average molecular weight is 546 g/mol. The molecule has 0 bridgehead atoms. The van der Waals surface area contributed by atoms with Crippen molar-refractivity contribution in [1.82, 2.24) is 14.5 Å². The standard InChI is InChI=1S/C29H35N7O4/c1-29(2,3)40-34-24(18-9-14-22(39-6)32-16-18)17-7-11-20(12-8-17)35(4)26-23(27(31)37)28(38)36(5)21-13-10-19(15-30)33-25(21)26/h9-10,13-14,16-17,20H,7-8,11-12H2,1-6H3,(H2,31,37)/b34-24-/t17-,20+. The van der Waals surface area contributed by atoms with Crippen molar-refractivity contribution in [2.45, 2.75) is 58.1 Å². The Morgan fingerprint density at radius 2 is 1.90 bits per heavy atom. The van der Waals surface area contributed by atoms with E-state index in [2.05, 4.69) is 15.1 Å². The van der Waals surface area contributed by atoms with Gasteiger partial charge in [-0.2, -0.15) is 5.26 Å². The molecule has 4 rings (SSSR count). The van der Waals surface area contributed by atoms with Gasteiger partial charge < -0.3 is 24.8 Å². The zero-order valence-electron chi connectivity index (χ0n) is 23.8. The molecule has 210 valence electrons. The molecule has 0 aliphatic heterocycles. The van der Waals surface area contributed by atoms with Gasteiger partial charge in [-0.15, -0.1) is 0 Å². The summed E-state index contributed by atoms with van der Waals surface area (Å²) in [5, 5.41) is 14.0. The fraction of sp³-hybridized carbons (Fsp3) is 0.448. The van der Waals surface area contributed by atoms with Gasteiger partial charge >= 0.3 is 0 Å². The van der Waals surface area contributed by atoms with Crippen LogP contribution in [0.25, 0.3) is 11.0 Å². The molecular formula is C29H35N7O4. The fourth-order valence-corrected chi connectivity index (χ4v) is 5.14. The smallest absolute Gasteiger partial charge is 0.265 e. The first-order chi connectivity index (χ1) is 18.9. The van der Waals surface area contributed by atoms with Crippen LogP contribution < -0.4 is 20.9 Å². The Bertz CT molecular complexity index is 1540. The lowest BCUT2D eigenvalue weighted by molar-refractivity contribution is -0.0000376. The second kappa shape index (κ2) is 11.3. The Balaban J connectivity index is 1.67. The van der Waals surface area contributed by atoms with Gasteiger partial charge in [-0.1, -0.05) is 5.16 Å². The summed E-state index contributed by atoms with van der Waals surface area (Å²) in [6.07, 6.45) is 4.83. The van der Waals surface area contributed by atoms with Gasteiger partial charge in [0.25, 0.3) is 11.5 Å². The zero-order valence-corrected chi connectivity index (χ0v) is 23.8. The van der Waals surface area contributed by atoms with Crippen molar-refractivity contribution in [3.8, 4) is 11.9 Å². The van der Waals surface area contributed by atoms with E-state index in [1.807, 2.05) is 44.9 Å². The highest BCUT2D eigenvalue weighted by atomic mass is 16.6. The van der Waals surface area contributed by atoms with E-state index in [1.54, 1.807) is 38.6 Å². The number of anilines is 1. The van der Waals surface area contributed by atoms with Crippen LogP contribution in [0.3, 0.4) is 0 Å². The van der Waals surface area contributed by atoms with Gasteiger partial charge in [0.2, 0.25) is 5.88 Å². The zero-order chi connectivity index (χ0) is 29.2. The summed E-state index contributed by atoms with van der Waals surface area (Å²) in [5.41, 5.74) is 7.77. The van der Waals surface area contributed by atoms with Crippen LogP contribution in [0.15, 0.2) is 40.4 Å². The van der Waals surface area contributed by atoms with E-state index in [0.29, 0.717) is 22.6 Å². The number of hydrogen-bond acceptors (Lipinski definition) is 9. The first-order valence-electron chi connectivity index (χ1n) is 13.2. The van der Waals surface area contributed by atoms with Gasteiger partial charge in [0.15, 0.2) is 0 Å². The van der Waals surface area contributed by atoms with Crippen molar-refractivity contribution in [3.05, 3.63) is 57.6 Å². The van der Waals surface area contributed by atoms with E-state index >= 15 is 0 Å². The normalized spacial score (nSPS) is 17.8. The van der Waals surface area contributed by atoms with Crippen molar-refractivity contribution in [1.29, 1.82) is 5.26 Å². The number of nitrogens with zero attached hydrogens (tertiary/aromatic N) is 6. The van der Waals surface area contributed by atoms with Gasteiger partial charge in [0.05, 0.1) is 24.0 Å². The monoisotopic (exact) mass is 545 g/mol. The predicted molar refractivity (Wildman–Crippen MR) is 153 cm³/mol. The summed E-state index contributed by atoms with van der Waals surface area (Å²) in [6, 6.07) is 8.99. The number of hydrogen-bond donors (Lipinski definition) is 1. The molecule has 1 aliphatic rings. The summed E-state index contributed by atoms with van der Waals surface area (Å²) >= 11 is 0. The number of nitriles is 1. The number of primary amides is 1. The molecule has 0 unspecified atom stereocenters. The van der Waals surface area contributed by atoms with Crippen LogP contribution in [0.1, 0.15) is 68.1 Å². The molecule has 1 amide bonds. The summed E-state index contributed by atoms with van der Waals surface area (Å²) in [7, 11) is 4.98. The van der Waals surface area contributed by atoms with Gasteiger partial charge in [0, 0.05) is 43.9 Å². The highest BCUT2D eigenvalue weighted by Crippen LogP contribution is 2.35. The van der Waals surface area contributed by atoms with Gasteiger partial charge in [-0.25, -0.2) is 9.97 Å². The van der Waals surface area contributed by atoms with Crippen molar-refractivity contribution >= 4 is 28.3 Å². The number of ether oxygens (including phenoxy) is 1.